The van der Waals surface area contributed by atoms with Gasteiger partial charge < -0.3 is 5.32 Å². The van der Waals surface area contributed by atoms with Crippen LogP contribution in [-0.4, -0.2) is 4.92 Å². The lowest BCUT2D eigenvalue weighted by Gasteiger charge is -2.38. The van der Waals surface area contributed by atoms with Crippen LogP contribution in [0.15, 0.2) is 48.6 Å². The predicted molar refractivity (Wildman–Crippen MR) is 95.9 cm³/mol. The number of rotatable bonds is 2. The van der Waals surface area contributed by atoms with E-state index in [0.29, 0.717) is 16.0 Å². The Bertz CT molecular complexity index is 849. The van der Waals surface area contributed by atoms with E-state index in [1.165, 1.54) is 0 Å². The summed E-state index contributed by atoms with van der Waals surface area (Å²) in [5, 5.41) is 15.4. The second kappa shape index (κ2) is 5.80. The van der Waals surface area contributed by atoms with Crippen LogP contribution in [0.5, 0.6) is 0 Å². The number of nitro groups is 1. The number of anilines is 1. The SMILES string of the molecule is O=[N+]([O-])c1ccc([C@@H]2Nc3c(ccc(Cl)c3Cl)[C@@H]3C=CC[C@@H]32)cc1. The Kier molecular flexibility index (Phi) is 3.74. The van der Waals surface area contributed by atoms with Gasteiger partial charge in [0.05, 0.1) is 26.7 Å². The molecule has 6 heteroatoms. The Balaban J connectivity index is 1.77. The van der Waals surface area contributed by atoms with Crippen molar-refractivity contribution < 1.29 is 4.92 Å². The Morgan fingerprint density at radius 2 is 1.88 bits per heavy atom. The van der Waals surface area contributed by atoms with E-state index in [9.17, 15) is 10.1 Å². The average molecular weight is 361 g/mol. The van der Waals surface area contributed by atoms with Gasteiger partial charge in [0.15, 0.2) is 0 Å². The second-order valence-electron chi connectivity index (χ2n) is 6.15. The first-order valence-electron chi connectivity index (χ1n) is 7.71. The highest BCUT2D eigenvalue weighted by Gasteiger charge is 2.39. The number of non-ortho nitro benzene ring substituents is 1. The van der Waals surface area contributed by atoms with Crippen molar-refractivity contribution in [2.45, 2.75) is 18.4 Å². The molecule has 4 rings (SSSR count). The first kappa shape index (κ1) is 15.5. The molecule has 0 amide bonds. The van der Waals surface area contributed by atoms with Crippen molar-refractivity contribution in [2.24, 2.45) is 5.92 Å². The molecule has 0 fully saturated rings. The molecule has 1 aliphatic heterocycles. The van der Waals surface area contributed by atoms with Crippen LogP contribution in [0, 0.1) is 16.0 Å². The fourth-order valence-corrected chi connectivity index (χ4v) is 4.12. The van der Waals surface area contributed by atoms with Gasteiger partial charge in [0, 0.05) is 18.1 Å². The lowest BCUT2D eigenvalue weighted by atomic mass is 9.77. The third-order valence-electron chi connectivity index (χ3n) is 4.89. The molecule has 4 nitrogen and oxygen atoms in total. The topological polar surface area (TPSA) is 55.2 Å². The largest absolute Gasteiger partial charge is 0.376 e. The summed E-state index contributed by atoms with van der Waals surface area (Å²) < 4.78 is 0. The van der Waals surface area contributed by atoms with Crippen molar-refractivity contribution in [1.29, 1.82) is 0 Å². The van der Waals surface area contributed by atoms with Crippen LogP contribution in [0.25, 0.3) is 0 Å². The zero-order chi connectivity index (χ0) is 16.8. The molecule has 2 aromatic rings. The highest BCUT2D eigenvalue weighted by atomic mass is 35.5. The van der Waals surface area contributed by atoms with Crippen LogP contribution in [0.3, 0.4) is 0 Å². The summed E-state index contributed by atoms with van der Waals surface area (Å²) in [6.45, 7) is 0. The van der Waals surface area contributed by atoms with Gasteiger partial charge in [0.2, 0.25) is 0 Å². The maximum absolute atomic E-state index is 10.9. The monoisotopic (exact) mass is 360 g/mol. The normalized spacial score (nSPS) is 24.2. The van der Waals surface area contributed by atoms with Crippen LogP contribution >= 0.6 is 23.2 Å². The Morgan fingerprint density at radius 3 is 2.58 bits per heavy atom. The summed E-state index contributed by atoms with van der Waals surface area (Å²) in [5.41, 5.74) is 3.12. The molecule has 1 N–H and O–H groups in total. The Hall–Kier alpha value is -2.04. The van der Waals surface area contributed by atoms with Crippen LogP contribution in [0.2, 0.25) is 10.0 Å². The molecule has 2 aliphatic rings. The maximum atomic E-state index is 10.9. The van der Waals surface area contributed by atoms with Gasteiger partial charge in [-0.3, -0.25) is 10.1 Å². The van der Waals surface area contributed by atoms with Crippen LogP contribution < -0.4 is 5.32 Å². The summed E-state index contributed by atoms with van der Waals surface area (Å²) in [6, 6.07) is 10.6. The molecule has 3 atom stereocenters. The molecular formula is C18H14Cl2N2O2. The lowest BCUT2D eigenvalue weighted by molar-refractivity contribution is -0.384. The van der Waals surface area contributed by atoms with Crippen molar-refractivity contribution >= 4 is 34.6 Å². The second-order valence-corrected chi connectivity index (χ2v) is 6.93. The molecule has 0 unspecified atom stereocenters. The van der Waals surface area contributed by atoms with Crippen LogP contribution in [0.4, 0.5) is 11.4 Å². The summed E-state index contributed by atoms with van der Waals surface area (Å²) in [4.78, 5) is 10.5. The standard InChI is InChI=1S/C18H14Cl2N2O2/c19-15-9-8-14-12-2-1-3-13(12)17(21-18(14)16(15)20)10-4-6-11(7-5-10)22(23)24/h1-2,4-9,12-13,17,21H,3H2/t12-,13+,17+/m1/s1. The first-order valence-corrected chi connectivity index (χ1v) is 8.47. The predicted octanol–water partition coefficient (Wildman–Crippen LogP) is 5.73. The fraction of sp³-hybridized carbons (Fsp3) is 0.222. The summed E-state index contributed by atoms with van der Waals surface area (Å²) in [7, 11) is 0. The Labute approximate surface area is 149 Å². The van der Waals surface area contributed by atoms with Gasteiger partial charge in [-0.05, 0) is 29.5 Å². The number of nitrogens with zero attached hydrogens (tertiary/aromatic N) is 1. The molecule has 0 aromatic heterocycles. The molecule has 1 heterocycles. The minimum atomic E-state index is -0.385. The highest BCUT2D eigenvalue weighted by molar-refractivity contribution is 6.43. The van der Waals surface area contributed by atoms with E-state index in [0.717, 1.165) is 23.2 Å². The molecule has 2 aromatic carbocycles. The van der Waals surface area contributed by atoms with E-state index in [-0.39, 0.29) is 22.6 Å². The molecular weight excluding hydrogens is 347 g/mol. The zero-order valence-electron chi connectivity index (χ0n) is 12.6. The van der Waals surface area contributed by atoms with Crippen LogP contribution in [-0.2, 0) is 0 Å². The number of allylic oxidation sites excluding steroid dienone is 2. The molecule has 0 saturated heterocycles. The fourth-order valence-electron chi connectivity index (χ4n) is 3.74. The number of nitro benzene ring substituents is 1. The van der Waals surface area contributed by atoms with Crippen molar-refractivity contribution in [3.05, 3.63) is 79.8 Å². The molecule has 0 saturated carbocycles. The van der Waals surface area contributed by atoms with Gasteiger partial charge in [-0.25, -0.2) is 0 Å². The van der Waals surface area contributed by atoms with E-state index in [2.05, 4.69) is 17.5 Å². The van der Waals surface area contributed by atoms with Crippen molar-refractivity contribution in [3.8, 4) is 0 Å². The summed E-state index contributed by atoms with van der Waals surface area (Å²) >= 11 is 12.6. The van der Waals surface area contributed by atoms with Gasteiger partial charge in [-0.2, -0.15) is 0 Å². The smallest absolute Gasteiger partial charge is 0.269 e. The quantitative estimate of drug-likeness (QED) is 0.422. The van der Waals surface area contributed by atoms with Crippen molar-refractivity contribution in [3.63, 3.8) is 0 Å². The molecule has 1 aliphatic carbocycles. The van der Waals surface area contributed by atoms with Crippen molar-refractivity contribution in [1.82, 2.24) is 0 Å². The molecule has 0 radical (unpaired) electrons. The minimum absolute atomic E-state index is 0.0364. The zero-order valence-corrected chi connectivity index (χ0v) is 14.1. The third-order valence-corrected chi connectivity index (χ3v) is 5.69. The van der Waals surface area contributed by atoms with Gasteiger partial charge >= 0.3 is 0 Å². The number of fused-ring (bicyclic) bond motifs is 3. The molecule has 0 bridgehead atoms. The van der Waals surface area contributed by atoms with E-state index in [1.807, 2.05) is 24.3 Å². The van der Waals surface area contributed by atoms with Gasteiger partial charge in [0.25, 0.3) is 5.69 Å². The molecule has 122 valence electrons. The molecule has 0 spiro atoms. The maximum Gasteiger partial charge on any atom is 0.269 e. The van der Waals surface area contributed by atoms with Crippen molar-refractivity contribution in [2.75, 3.05) is 5.32 Å². The van der Waals surface area contributed by atoms with Crippen LogP contribution in [0.1, 0.15) is 29.5 Å². The lowest BCUT2D eigenvalue weighted by Crippen LogP contribution is -2.29. The number of hydrogen-bond acceptors (Lipinski definition) is 3. The summed E-state index contributed by atoms with van der Waals surface area (Å²) in [6.07, 6.45) is 5.36. The van der Waals surface area contributed by atoms with Gasteiger partial charge in [-0.1, -0.05) is 53.6 Å². The summed E-state index contributed by atoms with van der Waals surface area (Å²) in [5.74, 6) is 0.632. The number of hydrogen-bond donors (Lipinski definition) is 1. The third kappa shape index (κ3) is 2.38. The highest BCUT2D eigenvalue weighted by Crippen LogP contribution is 2.52. The van der Waals surface area contributed by atoms with E-state index < -0.39 is 0 Å². The van der Waals surface area contributed by atoms with Gasteiger partial charge in [-0.15, -0.1) is 0 Å². The average Bonchev–Trinajstić information content (AvgIpc) is 3.07. The van der Waals surface area contributed by atoms with E-state index in [1.54, 1.807) is 12.1 Å². The van der Waals surface area contributed by atoms with Gasteiger partial charge in [0.1, 0.15) is 0 Å². The van der Waals surface area contributed by atoms with E-state index in [4.69, 9.17) is 23.2 Å². The number of benzene rings is 2. The molecule has 24 heavy (non-hydrogen) atoms. The number of halogens is 2. The number of nitrogens with one attached hydrogen (secondary N) is 1. The Morgan fingerprint density at radius 1 is 1.12 bits per heavy atom. The minimum Gasteiger partial charge on any atom is -0.376 e. The first-order chi connectivity index (χ1) is 11.6. The van der Waals surface area contributed by atoms with E-state index >= 15 is 0 Å².